The Balaban J connectivity index is 1.61. The minimum absolute atomic E-state index is 0.0951. The Hall–Kier alpha value is -3.35. The number of aryl methyl sites for hydroxylation is 2. The first-order chi connectivity index (χ1) is 16.6. The first-order valence-electron chi connectivity index (χ1n) is 12.3. The molecule has 2 amide bonds. The summed E-state index contributed by atoms with van der Waals surface area (Å²) in [6, 6.07) is 10.00. The lowest BCUT2D eigenvalue weighted by Gasteiger charge is -2.33. The second-order valence-corrected chi connectivity index (χ2v) is 10.6. The van der Waals surface area contributed by atoms with Crippen LogP contribution in [0.2, 0.25) is 0 Å². The number of aromatic nitrogens is 2. The van der Waals surface area contributed by atoms with E-state index in [2.05, 4.69) is 35.0 Å². The number of benzene rings is 1. The van der Waals surface area contributed by atoms with Gasteiger partial charge in [0.1, 0.15) is 11.2 Å². The van der Waals surface area contributed by atoms with Crippen LogP contribution in [0.15, 0.2) is 36.5 Å². The lowest BCUT2D eigenvalue weighted by Crippen LogP contribution is -2.42. The maximum Gasteiger partial charge on any atom is 0.410 e. The van der Waals surface area contributed by atoms with Gasteiger partial charge in [-0.25, -0.2) is 9.78 Å². The molecule has 0 bridgehead atoms. The fraction of sp³-hybridized carbons (Fsp3) is 0.464. The summed E-state index contributed by atoms with van der Waals surface area (Å²) in [6.07, 6.45) is 4.59. The molecule has 1 N–H and O–H groups in total. The third-order valence-corrected chi connectivity index (χ3v) is 6.60. The highest BCUT2D eigenvalue weighted by Gasteiger charge is 2.28. The summed E-state index contributed by atoms with van der Waals surface area (Å²) in [5, 5.41) is 2.69. The molecule has 3 heterocycles. The van der Waals surface area contributed by atoms with E-state index in [1.807, 2.05) is 50.8 Å². The number of likely N-dealkylation sites (tertiary alicyclic amines) is 1. The van der Waals surface area contributed by atoms with Crippen LogP contribution in [0.5, 0.6) is 0 Å². The van der Waals surface area contributed by atoms with E-state index < -0.39 is 5.60 Å². The van der Waals surface area contributed by atoms with Crippen LogP contribution in [0.4, 0.5) is 4.79 Å². The Kier molecular flexibility index (Phi) is 6.88. The molecule has 7 nitrogen and oxygen atoms in total. The molecular weight excluding hydrogens is 440 g/mol. The number of rotatable bonds is 4. The molecule has 0 aliphatic carbocycles. The molecule has 3 aromatic rings. The van der Waals surface area contributed by atoms with Crippen LogP contribution in [0, 0.1) is 19.8 Å². The number of piperidine rings is 1. The number of nitrogens with one attached hydrogen (secondary N) is 1. The van der Waals surface area contributed by atoms with Gasteiger partial charge in [-0.3, -0.25) is 4.79 Å². The van der Waals surface area contributed by atoms with Gasteiger partial charge in [-0.2, -0.15) is 0 Å². The van der Waals surface area contributed by atoms with Gasteiger partial charge in [0.25, 0.3) is 5.91 Å². The monoisotopic (exact) mass is 476 g/mol. The minimum Gasteiger partial charge on any atom is -0.444 e. The predicted octanol–water partition coefficient (Wildman–Crippen LogP) is 5.17. The summed E-state index contributed by atoms with van der Waals surface area (Å²) in [7, 11) is 1.64. The fourth-order valence-corrected chi connectivity index (χ4v) is 4.74. The van der Waals surface area contributed by atoms with E-state index in [9.17, 15) is 9.59 Å². The van der Waals surface area contributed by atoms with Gasteiger partial charge in [0, 0.05) is 37.5 Å². The molecule has 35 heavy (non-hydrogen) atoms. The average Bonchev–Trinajstić information content (AvgIpc) is 3.14. The van der Waals surface area contributed by atoms with E-state index in [0.29, 0.717) is 24.6 Å². The first kappa shape index (κ1) is 24.8. The minimum atomic E-state index is -0.483. The summed E-state index contributed by atoms with van der Waals surface area (Å²) in [5.41, 5.74) is 6.45. The molecule has 1 fully saturated rings. The number of pyridine rings is 1. The van der Waals surface area contributed by atoms with E-state index in [1.165, 1.54) is 5.69 Å². The zero-order chi connectivity index (χ0) is 25.3. The molecule has 1 aliphatic heterocycles. The lowest BCUT2D eigenvalue weighted by atomic mass is 9.90. The Labute approximate surface area is 207 Å². The molecule has 0 spiro atoms. The number of imidazole rings is 1. The number of nitrogens with zero attached hydrogens (tertiary/aromatic N) is 3. The molecule has 0 atom stereocenters. The van der Waals surface area contributed by atoms with Crippen LogP contribution in [-0.4, -0.2) is 52.0 Å². The molecule has 2 aromatic heterocycles. The molecule has 1 aromatic carbocycles. The topological polar surface area (TPSA) is 75.9 Å². The number of carbonyl (C=O) groups excluding carboxylic acids is 2. The van der Waals surface area contributed by atoms with Crippen molar-refractivity contribution in [3.05, 3.63) is 58.9 Å². The van der Waals surface area contributed by atoms with Crippen LogP contribution >= 0.6 is 0 Å². The third-order valence-electron chi connectivity index (χ3n) is 6.60. The van der Waals surface area contributed by atoms with Crippen LogP contribution in [0.3, 0.4) is 0 Å². The van der Waals surface area contributed by atoms with Gasteiger partial charge >= 0.3 is 6.09 Å². The predicted molar refractivity (Wildman–Crippen MR) is 138 cm³/mol. The average molecular weight is 477 g/mol. The van der Waals surface area contributed by atoms with Gasteiger partial charge in [0.05, 0.1) is 11.4 Å². The van der Waals surface area contributed by atoms with Crippen molar-refractivity contribution in [2.75, 3.05) is 20.1 Å². The van der Waals surface area contributed by atoms with Crippen LogP contribution in [-0.2, 0) is 11.2 Å². The lowest BCUT2D eigenvalue weighted by molar-refractivity contribution is 0.0184. The zero-order valence-corrected chi connectivity index (χ0v) is 21.6. The molecule has 1 aliphatic rings. The Morgan fingerprint density at radius 1 is 1.11 bits per heavy atom. The standard InChI is InChI=1S/C28H36N4O3/c1-18-9-14-32-23(17-20-10-12-31(13-11-20)27(34)35-28(3,4)5)25(30-24(32)15-18)22-8-7-21(16-19(22)2)26(33)29-6/h7-9,14-16,20H,10-13,17H2,1-6H3,(H,29,33). The second kappa shape index (κ2) is 9.72. The van der Waals surface area contributed by atoms with Crippen molar-refractivity contribution >= 4 is 17.6 Å². The number of carbonyl (C=O) groups is 2. The highest BCUT2D eigenvalue weighted by Crippen LogP contribution is 2.32. The molecule has 186 valence electrons. The van der Waals surface area contributed by atoms with Crippen molar-refractivity contribution in [2.24, 2.45) is 5.92 Å². The highest BCUT2D eigenvalue weighted by molar-refractivity contribution is 5.95. The number of ether oxygens (including phenoxy) is 1. The van der Waals surface area contributed by atoms with Crippen molar-refractivity contribution in [1.82, 2.24) is 19.6 Å². The summed E-state index contributed by atoms with van der Waals surface area (Å²) >= 11 is 0. The van der Waals surface area contributed by atoms with Gasteiger partial charge in [0.15, 0.2) is 0 Å². The van der Waals surface area contributed by atoms with E-state index >= 15 is 0 Å². The van der Waals surface area contributed by atoms with Crippen molar-refractivity contribution in [2.45, 2.75) is 59.5 Å². The maximum absolute atomic E-state index is 12.5. The second-order valence-electron chi connectivity index (χ2n) is 10.6. The molecule has 7 heteroatoms. The Morgan fingerprint density at radius 2 is 1.83 bits per heavy atom. The third kappa shape index (κ3) is 5.50. The highest BCUT2D eigenvalue weighted by atomic mass is 16.6. The summed E-state index contributed by atoms with van der Waals surface area (Å²) < 4.78 is 7.75. The number of hydrogen-bond acceptors (Lipinski definition) is 4. The largest absolute Gasteiger partial charge is 0.444 e. The van der Waals surface area contributed by atoms with E-state index in [0.717, 1.165) is 47.3 Å². The first-order valence-corrected chi connectivity index (χ1v) is 12.3. The van der Waals surface area contributed by atoms with Crippen LogP contribution in [0.1, 0.15) is 60.8 Å². The van der Waals surface area contributed by atoms with Gasteiger partial charge in [-0.1, -0.05) is 6.07 Å². The summed E-state index contributed by atoms with van der Waals surface area (Å²) in [4.78, 5) is 31.4. The van der Waals surface area contributed by atoms with Gasteiger partial charge in [-0.05, 0) is 95.2 Å². The van der Waals surface area contributed by atoms with Crippen molar-refractivity contribution < 1.29 is 14.3 Å². The number of fused-ring (bicyclic) bond motifs is 1. The number of hydrogen-bond donors (Lipinski definition) is 1. The van der Waals surface area contributed by atoms with E-state index in [4.69, 9.17) is 9.72 Å². The quantitative estimate of drug-likeness (QED) is 0.564. The molecule has 4 rings (SSSR count). The molecule has 1 saturated heterocycles. The summed E-state index contributed by atoms with van der Waals surface area (Å²) in [6.45, 7) is 11.2. The zero-order valence-electron chi connectivity index (χ0n) is 21.6. The smallest absolute Gasteiger partial charge is 0.410 e. The SMILES string of the molecule is CNC(=O)c1ccc(-c2nc3cc(C)ccn3c2CC2CCN(C(=O)OC(C)(C)C)CC2)c(C)c1. The molecule has 0 radical (unpaired) electrons. The molecule has 0 saturated carbocycles. The van der Waals surface area contributed by atoms with Crippen molar-refractivity contribution in [3.8, 4) is 11.3 Å². The Bertz CT molecular complexity index is 1250. The van der Waals surface area contributed by atoms with Crippen LogP contribution < -0.4 is 5.32 Å². The number of amides is 2. The van der Waals surface area contributed by atoms with Crippen LogP contribution in [0.25, 0.3) is 16.9 Å². The van der Waals surface area contributed by atoms with Crippen molar-refractivity contribution in [1.29, 1.82) is 0 Å². The van der Waals surface area contributed by atoms with E-state index in [-0.39, 0.29) is 12.0 Å². The van der Waals surface area contributed by atoms with Gasteiger partial charge < -0.3 is 19.4 Å². The fourth-order valence-electron chi connectivity index (χ4n) is 4.74. The Morgan fingerprint density at radius 3 is 2.46 bits per heavy atom. The summed E-state index contributed by atoms with van der Waals surface area (Å²) in [5.74, 6) is 0.348. The molecule has 0 unspecified atom stereocenters. The molecular formula is C28H36N4O3. The normalized spacial score (nSPS) is 14.9. The maximum atomic E-state index is 12.5. The van der Waals surface area contributed by atoms with Gasteiger partial charge in [-0.15, -0.1) is 0 Å². The van der Waals surface area contributed by atoms with E-state index in [1.54, 1.807) is 7.05 Å². The van der Waals surface area contributed by atoms with Gasteiger partial charge in [0.2, 0.25) is 0 Å². The van der Waals surface area contributed by atoms with Crippen molar-refractivity contribution in [3.63, 3.8) is 0 Å².